The van der Waals surface area contributed by atoms with Crippen molar-refractivity contribution in [3.05, 3.63) is 47.3 Å². The molecule has 2 aromatic rings. The fraction of sp³-hybridized carbons (Fsp3) is 0.182. The Morgan fingerprint density at radius 3 is 2.50 bits per heavy atom. The zero-order valence-electron chi connectivity index (χ0n) is 8.03. The van der Waals surface area contributed by atoms with Gasteiger partial charge in [0.15, 0.2) is 11.5 Å². The summed E-state index contributed by atoms with van der Waals surface area (Å²) in [6, 6.07) is 5.16. The van der Waals surface area contributed by atoms with E-state index in [-0.39, 0.29) is 5.78 Å². The van der Waals surface area contributed by atoms with Crippen molar-refractivity contribution < 1.29 is 13.6 Å². The molecule has 3 nitrogen and oxygen atoms in total. The molecule has 0 unspecified atom stereocenters. The minimum absolute atomic E-state index is 0.208. The van der Waals surface area contributed by atoms with Crippen LogP contribution >= 0.6 is 0 Å². The van der Waals surface area contributed by atoms with Crippen molar-refractivity contribution in [1.82, 2.24) is 0 Å². The van der Waals surface area contributed by atoms with Crippen molar-refractivity contribution in [2.24, 2.45) is 0 Å². The molecule has 0 radical (unpaired) electrons. The highest BCUT2D eigenvalue weighted by Crippen LogP contribution is 2.16. The minimum Gasteiger partial charge on any atom is -0.460 e. The van der Waals surface area contributed by atoms with Crippen LogP contribution in [0, 0.1) is 13.8 Å². The van der Waals surface area contributed by atoms with Gasteiger partial charge in [-0.2, -0.15) is 0 Å². The summed E-state index contributed by atoms with van der Waals surface area (Å²) < 4.78 is 10.3. The van der Waals surface area contributed by atoms with Crippen LogP contribution in [0.3, 0.4) is 0 Å². The fourth-order valence-electron chi connectivity index (χ4n) is 1.27. The maximum atomic E-state index is 11.8. The quantitative estimate of drug-likeness (QED) is 0.684. The second kappa shape index (κ2) is 3.18. The van der Waals surface area contributed by atoms with Crippen LogP contribution in [0.25, 0.3) is 0 Å². The molecular weight excluding hydrogens is 180 g/mol. The lowest BCUT2D eigenvalue weighted by Gasteiger charge is -1.93. The van der Waals surface area contributed by atoms with E-state index in [0.29, 0.717) is 11.5 Å². The molecule has 2 rings (SSSR count). The van der Waals surface area contributed by atoms with Gasteiger partial charge in [-0.15, -0.1) is 0 Å². The summed E-state index contributed by atoms with van der Waals surface area (Å²) in [5, 5.41) is 0. The van der Waals surface area contributed by atoms with E-state index >= 15 is 0 Å². The van der Waals surface area contributed by atoms with Gasteiger partial charge in [0.1, 0.15) is 5.76 Å². The summed E-state index contributed by atoms with van der Waals surface area (Å²) >= 11 is 0. The van der Waals surface area contributed by atoms with Crippen molar-refractivity contribution >= 4 is 5.78 Å². The largest absolute Gasteiger partial charge is 0.460 e. The SMILES string of the molecule is Cc1ccc(C(=O)c2occc2C)o1. The molecular formula is C11H10O3. The molecule has 0 aliphatic rings. The molecule has 0 atom stereocenters. The van der Waals surface area contributed by atoms with Crippen LogP contribution in [0.15, 0.2) is 33.3 Å². The Balaban J connectivity index is 2.38. The molecule has 0 amide bonds. The van der Waals surface area contributed by atoms with Crippen molar-refractivity contribution in [3.63, 3.8) is 0 Å². The van der Waals surface area contributed by atoms with Crippen molar-refractivity contribution in [2.75, 3.05) is 0 Å². The van der Waals surface area contributed by atoms with Crippen molar-refractivity contribution in [2.45, 2.75) is 13.8 Å². The molecule has 0 spiro atoms. The van der Waals surface area contributed by atoms with Gasteiger partial charge in [0, 0.05) is 0 Å². The standard InChI is InChI=1S/C11H10O3/c1-7-5-6-13-11(7)10(12)9-4-3-8(2)14-9/h3-6H,1-2H3. The van der Waals surface area contributed by atoms with Gasteiger partial charge in [-0.05, 0) is 37.6 Å². The van der Waals surface area contributed by atoms with E-state index < -0.39 is 0 Å². The number of rotatable bonds is 2. The summed E-state index contributed by atoms with van der Waals surface area (Å²) in [6.07, 6.45) is 1.50. The maximum Gasteiger partial charge on any atom is 0.263 e. The minimum atomic E-state index is -0.208. The van der Waals surface area contributed by atoms with Crippen LogP contribution in [0.1, 0.15) is 27.6 Å². The van der Waals surface area contributed by atoms with E-state index in [9.17, 15) is 4.79 Å². The molecule has 0 aliphatic carbocycles. The summed E-state index contributed by atoms with van der Waals surface area (Å²) in [6.45, 7) is 3.62. The highest BCUT2D eigenvalue weighted by molar-refractivity contribution is 6.06. The van der Waals surface area contributed by atoms with Gasteiger partial charge in [-0.3, -0.25) is 4.79 Å². The van der Waals surface area contributed by atoms with E-state index in [0.717, 1.165) is 11.3 Å². The van der Waals surface area contributed by atoms with Gasteiger partial charge >= 0.3 is 0 Å². The van der Waals surface area contributed by atoms with Crippen LogP contribution in [-0.4, -0.2) is 5.78 Å². The Morgan fingerprint density at radius 1 is 1.21 bits per heavy atom. The van der Waals surface area contributed by atoms with Crippen LogP contribution in [-0.2, 0) is 0 Å². The molecule has 0 aliphatic heterocycles. The van der Waals surface area contributed by atoms with Gasteiger partial charge in [-0.1, -0.05) is 0 Å². The Morgan fingerprint density at radius 2 is 2.00 bits per heavy atom. The topological polar surface area (TPSA) is 43.4 Å². The smallest absolute Gasteiger partial charge is 0.263 e. The molecule has 14 heavy (non-hydrogen) atoms. The number of ketones is 1. The number of carbonyl (C=O) groups is 1. The lowest BCUT2D eigenvalue weighted by Crippen LogP contribution is -1.99. The second-order valence-corrected chi connectivity index (χ2v) is 3.17. The summed E-state index contributed by atoms with van der Waals surface area (Å²) in [5.74, 6) is 1.18. The summed E-state index contributed by atoms with van der Waals surface area (Å²) in [4.78, 5) is 11.8. The average Bonchev–Trinajstić information content (AvgIpc) is 2.73. The lowest BCUT2D eigenvalue weighted by atomic mass is 10.2. The molecule has 2 heterocycles. The molecule has 0 aromatic carbocycles. The summed E-state index contributed by atoms with van der Waals surface area (Å²) in [5.41, 5.74) is 0.823. The number of furan rings is 2. The highest BCUT2D eigenvalue weighted by atomic mass is 16.4. The monoisotopic (exact) mass is 190 g/mol. The molecule has 3 heteroatoms. The van der Waals surface area contributed by atoms with E-state index in [1.165, 1.54) is 6.26 Å². The average molecular weight is 190 g/mol. The Kier molecular flexibility index (Phi) is 2.00. The second-order valence-electron chi connectivity index (χ2n) is 3.17. The van der Waals surface area contributed by atoms with E-state index in [1.54, 1.807) is 25.1 Å². The van der Waals surface area contributed by atoms with E-state index in [2.05, 4.69) is 0 Å². The first-order valence-corrected chi connectivity index (χ1v) is 4.33. The van der Waals surface area contributed by atoms with Crippen molar-refractivity contribution in [1.29, 1.82) is 0 Å². The Bertz CT molecular complexity index is 462. The van der Waals surface area contributed by atoms with Crippen LogP contribution in [0.2, 0.25) is 0 Å². The number of carbonyl (C=O) groups excluding carboxylic acids is 1. The molecule has 0 fully saturated rings. The first kappa shape index (κ1) is 8.81. The van der Waals surface area contributed by atoms with Gasteiger partial charge in [-0.25, -0.2) is 0 Å². The third kappa shape index (κ3) is 1.37. The molecule has 0 N–H and O–H groups in total. The zero-order valence-corrected chi connectivity index (χ0v) is 8.03. The molecule has 0 saturated carbocycles. The highest BCUT2D eigenvalue weighted by Gasteiger charge is 2.17. The maximum absolute atomic E-state index is 11.8. The zero-order chi connectivity index (χ0) is 10.1. The van der Waals surface area contributed by atoms with Gasteiger partial charge in [0.25, 0.3) is 5.78 Å². The number of aryl methyl sites for hydroxylation is 2. The third-order valence-electron chi connectivity index (χ3n) is 2.03. The van der Waals surface area contributed by atoms with Crippen LogP contribution < -0.4 is 0 Å². The summed E-state index contributed by atoms with van der Waals surface area (Å²) in [7, 11) is 0. The first-order chi connectivity index (χ1) is 6.68. The Labute approximate surface area is 81.3 Å². The molecule has 0 bridgehead atoms. The fourth-order valence-corrected chi connectivity index (χ4v) is 1.27. The number of hydrogen-bond acceptors (Lipinski definition) is 3. The Hall–Kier alpha value is -1.77. The lowest BCUT2D eigenvalue weighted by molar-refractivity contribution is 0.0981. The first-order valence-electron chi connectivity index (χ1n) is 4.33. The van der Waals surface area contributed by atoms with Gasteiger partial charge in [0.2, 0.25) is 0 Å². The van der Waals surface area contributed by atoms with Gasteiger partial charge < -0.3 is 8.83 Å². The van der Waals surface area contributed by atoms with E-state index in [1.807, 2.05) is 6.92 Å². The third-order valence-corrected chi connectivity index (χ3v) is 2.03. The van der Waals surface area contributed by atoms with Gasteiger partial charge in [0.05, 0.1) is 6.26 Å². The number of hydrogen-bond donors (Lipinski definition) is 0. The van der Waals surface area contributed by atoms with Crippen molar-refractivity contribution in [3.8, 4) is 0 Å². The van der Waals surface area contributed by atoms with E-state index in [4.69, 9.17) is 8.83 Å². The van der Waals surface area contributed by atoms with Crippen LogP contribution in [0.4, 0.5) is 0 Å². The molecule has 72 valence electrons. The normalized spacial score (nSPS) is 10.4. The van der Waals surface area contributed by atoms with Crippen LogP contribution in [0.5, 0.6) is 0 Å². The molecule has 0 saturated heterocycles. The molecule has 2 aromatic heterocycles. The predicted molar refractivity (Wildman–Crippen MR) is 50.3 cm³/mol. The predicted octanol–water partition coefficient (Wildman–Crippen LogP) is 2.72.